The first-order valence-electron chi connectivity index (χ1n) is 42.5. The lowest BCUT2D eigenvalue weighted by Gasteiger charge is -2.16. The number of benzene rings is 17. The maximum Gasteiger partial charge on any atom is 0.159 e. The van der Waals surface area contributed by atoms with E-state index in [4.69, 9.17) is 14.7 Å². The zero-order valence-corrected chi connectivity index (χ0v) is 70.1. The van der Waals surface area contributed by atoms with Gasteiger partial charge in [0, 0.05) is 109 Å². The Bertz CT molecular complexity index is 8020. The number of methoxy groups -OCH3 is 1. The van der Waals surface area contributed by atoms with Crippen molar-refractivity contribution in [3.8, 4) is 135 Å². The Morgan fingerprint density at radius 2 is 0.672 bits per heavy atom. The number of carbonyl (C=O) groups is 1. The van der Waals surface area contributed by atoms with Gasteiger partial charge in [0.1, 0.15) is 5.75 Å². The second kappa shape index (κ2) is 31.6. The second-order valence-corrected chi connectivity index (χ2v) is 33.4. The Morgan fingerprint density at radius 3 is 1.26 bits per heavy atom. The first kappa shape index (κ1) is 75.3. The van der Waals surface area contributed by atoms with E-state index in [0.717, 1.165) is 134 Å². The molecule has 6 heterocycles. The Balaban J connectivity index is 0.000000150. The minimum atomic E-state index is 0.0452. The molecular weight excluding hydrogens is 1540 g/mol. The molecule has 23 rings (SSSR count). The summed E-state index contributed by atoms with van der Waals surface area (Å²) >= 11 is 1.87. The molecule has 0 aliphatic carbocycles. The number of ether oxygens (including phenoxy) is 1. The van der Waals surface area contributed by atoms with Gasteiger partial charge in [-0.1, -0.05) is 297 Å². The molecule has 592 valence electrons. The van der Waals surface area contributed by atoms with E-state index in [2.05, 4.69) is 422 Å². The van der Waals surface area contributed by atoms with Crippen LogP contribution in [-0.2, 0) is 0 Å². The Morgan fingerprint density at radius 1 is 0.264 bits per heavy atom. The predicted molar refractivity (Wildman–Crippen MR) is 525 cm³/mol. The third kappa shape index (κ3) is 13.7. The smallest absolute Gasteiger partial charge is 0.159 e. The molecule has 0 unspecified atom stereocenters. The molecule has 8 heteroatoms. The van der Waals surface area contributed by atoms with Crippen molar-refractivity contribution in [1.29, 1.82) is 0 Å². The number of aromatic nitrogens is 5. The van der Waals surface area contributed by atoms with Gasteiger partial charge in [0.05, 0.1) is 63.0 Å². The number of carbonyl (C=O) groups excluding carboxylic acids is 1. The molecule has 0 aliphatic rings. The van der Waals surface area contributed by atoms with Crippen LogP contribution in [0.3, 0.4) is 0 Å². The van der Waals surface area contributed by atoms with Crippen LogP contribution in [0.15, 0.2) is 419 Å². The number of ketones is 1. The first-order chi connectivity index (χ1) is 61.6. The van der Waals surface area contributed by atoms with Crippen LogP contribution in [-0.4, -0.2) is 36.6 Å². The van der Waals surface area contributed by atoms with E-state index in [-0.39, 0.29) is 5.78 Å². The quantitative estimate of drug-likeness (QED) is 0.0960. The zero-order valence-electron chi connectivity index (χ0n) is 69.3. The van der Waals surface area contributed by atoms with Crippen LogP contribution in [0.4, 0.5) is 0 Å². The number of thiophene rings is 1. The summed E-state index contributed by atoms with van der Waals surface area (Å²) in [6.07, 6.45) is 0. The largest absolute Gasteiger partial charge is 0.497 e. The molecule has 0 amide bonds. The van der Waals surface area contributed by atoms with Gasteiger partial charge >= 0.3 is 0 Å². The zero-order chi connectivity index (χ0) is 83.8. The maximum absolute atomic E-state index is 12.9. The van der Waals surface area contributed by atoms with E-state index >= 15 is 0 Å². The average Bonchev–Trinajstić information content (AvgIpc) is 1.59. The molecule has 0 saturated heterocycles. The molecule has 17 aromatic carbocycles. The number of Topliss-reactive ketones (excluding diaryl/α,β-unsaturated/α-hetero) is 1. The SMILES string of the molecule is CC(=O)c1ccc2c3cc(-c4cc(C)c(-c5cc(-c6ccccc6)nc(-c6ccccc6)c5)cc4C)ccc3n(-c3ccc(-c4cccc5c6ccccc6n(-c6ccccc6)c45)cc3)c2c1.COc1ccc2c3cc(-c4ccc(-c5cc(-c6ccccc6)cc(-c6ccccc6)n5)cc4)ccc3n(-c3ccc(-c4cccc5c4sc4ccccc45)cc3)c2c1. The third-order valence-electron chi connectivity index (χ3n) is 24.8. The van der Waals surface area contributed by atoms with Crippen molar-refractivity contribution < 1.29 is 9.53 Å². The molecule has 0 saturated carbocycles. The summed E-state index contributed by atoms with van der Waals surface area (Å²) in [6.45, 7) is 6.06. The highest BCUT2D eigenvalue weighted by Crippen LogP contribution is 2.46. The van der Waals surface area contributed by atoms with Crippen LogP contribution in [0, 0.1) is 13.8 Å². The molecule has 23 aromatic rings. The van der Waals surface area contributed by atoms with E-state index in [9.17, 15) is 4.79 Å². The predicted octanol–water partition coefficient (Wildman–Crippen LogP) is 31.3. The van der Waals surface area contributed by atoms with E-state index in [1.54, 1.807) is 14.0 Å². The highest BCUT2D eigenvalue weighted by molar-refractivity contribution is 7.26. The minimum Gasteiger partial charge on any atom is -0.497 e. The lowest BCUT2D eigenvalue weighted by atomic mass is 9.90. The molecule has 0 fully saturated rings. The third-order valence-corrected chi connectivity index (χ3v) is 26.0. The molecule has 6 aromatic heterocycles. The van der Waals surface area contributed by atoms with Gasteiger partial charge in [-0.15, -0.1) is 11.3 Å². The lowest BCUT2D eigenvalue weighted by molar-refractivity contribution is 0.101. The fraction of sp³-hybridized carbons (Fsp3) is 0.0342. The number of hydrogen-bond acceptors (Lipinski definition) is 5. The van der Waals surface area contributed by atoms with Gasteiger partial charge in [0.25, 0.3) is 0 Å². The van der Waals surface area contributed by atoms with Crippen LogP contribution < -0.4 is 4.74 Å². The maximum atomic E-state index is 12.9. The topological polar surface area (TPSA) is 66.9 Å². The minimum absolute atomic E-state index is 0.0452. The number of para-hydroxylation sites is 3. The van der Waals surface area contributed by atoms with E-state index in [1.807, 2.05) is 35.6 Å². The molecule has 0 atom stereocenters. The molecule has 0 bridgehead atoms. The number of rotatable bonds is 15. The summed E-state index contributed by atoms with van der Waals surface area (Å²) in [5.41, 5.74) is 35.3. The van der Waals surface area contributed by atoms with Crippen LogP contribution in [0.5, 0.6) is 5.75 Å². The van der Waals surface area contributed by atoms with Gasteiger partial charge in [0.2, 0.25) is 0 Å². The van der Waals surface area contributed by atoms with Crippen molar-refractivity contribution >= 4 is 103 Å². The Hall–Kier alpha value is -15.9. The number of pyridine rings is 2. The molecule has 0 radical (unpaired) electrons. The van der Waals surface area contributed by atoms with Gasteiger partial charge < -0.3 is 18.4 Å². The van der Waals surface area contributed by atoms with Crippen molar-refractivity contribution in [1.82, 2.24) is 23.7 Å². The van der Waals surface area contributed by atoms with Crippen molar-refractivity contribution in [3.05, 3.63) is 435 Å². The Kier molecular flexibility index (Phi) is 19.1. The fourth-order valence-corrected chi connectivity index (χ4v) is 19.9. The highest BCUT2D eigenvalue weighted by Gasteiger charge is 2.23. The number of fused-ring (bicyclic) bond motifs is 12. The summed E-state index contributed by atoms with van der Waals surface area (Å²) in [5, 5.41) is 9.71. The van der Waals surface area contributed by atoms with E-state index in [0.29, 0.717) is 5.56 Å². The fourth-order valence-electron chi connectivity index (χ4n) is 18.6. The summed E-state index contributed by atoms with van der Waals surface area (Å²) in [7, 11) is 1.73. The van der Waals surface area contributed by atoms with Gasteiger partial charge in [-0.3, -0.25) is 4.79 Å². The van der Waals surface area contributed by atoms with E-state index < -0.39 is 0 Å². The van der Waals surface area contributed by atoms with Crippen molar-refractivity contribution in [2.24, 2.45) is 0 Å². The average molecular weight is 1620 g/mol. The molecule has 0 spiro atoms. The van der Waals surface area contributed by atoms with Crippen molar-refractivity contribution in [3.63, 3.8) is 0 Å². The van der Waals surface area contributed by atoms with Gasteiger partial charge in [0.15, 0.2) is 5.78 Å². The number of nitrogens with zero attached hydrogens (tertiary/aromatic N) is 5. The molecular formula is C117H81N5O2S. The number of hydrogen-bond donors (Lipinski definition) is 0. The normalized spacial score (nSPS) is 11.6. The lowest BCUT2D eigenvalue weighted by Crippen LogP contribution is -1.97. The summed E-state index contributed by atoms with van der Waals surface area (Å²) in [5.74, 6) is 0.879. The summed E-state index contributed by atoms with van der Waals surface area (Å²) < 4.78 is 15.4. The molecule has 0 aliphatic heterocycles. The first-order valence-corrected chi connectivity index (χ1v) is 43.3. The van der Waals surface area contributed by atoms with Crippen LogP contribution in [0.25, 0.3) is 214 Å². The van der Waals surface area contributed by atoms with E-state index in [1.165, 1.54) is 97.3 Å². The molecule has 7 nitrogen and oxygen atoms in total. The molecule has 0 N–H and O–H groups in total. The Labute approximate surface area is 728 Å². The van der Waals surface area contributed by atoms with Gasteiger partial charge in [-0.2, -0.15) is 0 Å². The highest BCUT2D eigenvalue weighted by atomic mass is 32.1. The van der Waals surface area contributed by atoms with Crippen LogP contribution in [0.1, 0.15) is 28.4 Å². The molecule has 125 heavy (non-hydrogen) atoms. The van der Waals surface area contributed by atoms with Gasteiger partial charge in [-0.05, 0) is 208 Å². The van der Waals surface area contributed by atoms with Crippen LogP contribution in [0.2, 0.25) is 0 Å². The summed E-state index contributed by atoms with van der Waals surface area (Å²) in [6, 6.07) is 149. The monoisotopic (exact) mass is 1620 g/mol. The second-order valence-electron chi connectivity index (χ2n) is 32.3. The van der Waals surface area contributed by atoms with Crippen molar-refractivity contribution in [2.75, 3.05) is 7.11 Å². The van der Waals surface area contributed by atoms with Crippen LogP contribution >= 0.6 is 11.3 Å². The van der Waals surface area contributed by atoms with Gasteiger partial charge in [-0.25, -0.2) is 9.97 Å². The number of aryl methyl sites for hydroxylation is 2. The van der Waals surface area contributed by atoms with Crippen molar-refractivity contribution in [2.45, 2.75) is 20.8 Å². The standard InChI is InChI=1S/C63H45N3O.C54H36N2OS/c1-40-35-56(48-37-58(44-16-7-4-8-17-44)64-59(38-48)45-18-9-5-10-19-45)41(2)34-55(40)47-29-33-61-57(36-47)53-32-28-46(42(3)67)39-62(53)65(61)50-30-26-43(27-31-50)51-23-15-24-54-52-22-13-14-25-60(52)66(63(51)54)49-20-11-6-12-21-49;1-57-43-28-29-45-48-31-40(36-19-21-39(22-20-36)50-33-41(35-11-4-2-5-12-35)32-49(55-50)38-13-6-3-7-14-38)25-30-51(48)56(52(45)34-43)42-26-23-37(24-27-42)44-16-10-17-47-46-15-8-9-18-53(46)58-54(44)47/h4-39H,1-3H3;2-34H,1H3. The summed E-state index contributed by atoms with van der Waals surface area (Å²) in [4.78, 5) is 23.2.